The maximum absolute atomic E-state index is 12.8. The van der Waals surface area contributed by atoms with E-state index in [0.717, 1.165) is 28.3 Å². The molecular weight excluding hydrogens is 394 g/mol. The molecule has 0 aliphatic heterocycles. The summed E-state index contributed by atoms with van der Waals surface area (Å²) in [5, 5.41) is 0. The Morgan fingerprint density at radius 3 is 1.77 bits per heavy atom. The summed E-state index contributed by atoms with van der Waals surface area (Å²) in [5.74, 6) is 1.51. The van der Waals surface area contributed by atoms with E-state index >= 15 is 0 Å². The second-order valence-corrected chi connectivity index (χ2v) is 7.69. The first-order valence-corrected chi connectivity index (χ1v) is 10.2. The number of hydrogen-bond donors (Lipinski definition) is 1. The zero-order valence-corrected chi connectivity index (χ0v) is 18.8. The fourth-order valence-corrected chi connectivity index (χ4v) is 3.48. The second kappa shape index (κ2) is 9.55. The van der Waals surface area contributed by atoms with Gasteiger partial charge in [0, 0.05) is 23.2 Å². The van der Waals surface area contributed by atoms with Gasteiger partial charge in [-0.15, -0.1) is 0 Å². The van der Waals surface area contributed by atoms with E-state index in [9.17, 15) is 4.79 Å². The van der Waals surface area contributed by atoms with E-state index in [4.69, 9.17) is 14.2 Å². The van der Waals surface area contributed by atoms with E-state index in [-0.39, 0.29) is 18.1 Å². The molecule has 1 aromatic heterocycles. The third-order valence-corrected chi connectivity index (χ3v) is 4.93. The number of nitrogens with one attached hydrogen (secondary N) is 1. The van der Waals surface area contributed by atoms with Gasteiger partial charge in [0.1, 0.15) is 17.2 Å². The van der Waals surface area contributed by atoms with Crippen LogP contribution < -0.4 is 14.2 Å². The summed E-state index contributed by atoms with van der Waals surface area (Å²) in [6.07, 6.45) is -0.443. The number of hydrogen-bond acceptors (Lipinski definition) is 5. The van der Waals surface area contributed by atoms with Crippen LogP contribution in [0.4, 0.5) is 4.79 Å². The third kappa shape index (κ3) is 4.99. The number of H-pyrrole nitrogens is 1. The molecular formula is C24H29N3O4. The van der Waals surface area contributed by atoms with Gasteiger partial charge in [-0.25, -0.2) is 4.79 Å². The van der Waals surface area contributed by atoms with E-state index < -0.39 is 6.09 Å². The van der Waals surface area contributed by atoms with Gasteiger partial charge in [-0.1, -0.05) is 0 Å². The second-order valence-electron chi connectivity index (χ2n) is 7.69. The number of carbonyl (C=O) groups excluding carboxylic acids is 1. The fraction of sp³-hybridized carbons (Fsp3) is 0.333. The predicted molar refractivity (Wildman–Crippen MR) is 121 cm³/mol. The minimum atomic E-state index is -0.443. The highest BCUT2D eigenvalue weighted by molar-refractivity contribution is 5.80. The minimum absolute atomic E-state index is 0.00424. The molecule has 0 spiro atoms. The van der Waals surface area contributed by atoms with Crippen LogP contribution in [0.25, 0.3) is 22.5 Å². The Morgan fingerprint density at radius 2 is 1.32 bits per heavy atom. The first-order valence-electron chi connectivity index (χ1n) is 10.2. The number of aromatic nitrogens is 2. The largest absolute Gasteiger partial charge is 0.497 e. The van der Waals surface area contributed by atoms with Crippen LogP contribution in [0.1, 0.15) is 27.7 Å². The van der Waals surface area contributed by atoms with Gasteiger partial charge in [-0.2, -0.15) is 4.98 Å². The molecule has 0 atom stereocenters. The molecule has 7 heteroatoms. The number of nitrogens with zero attached hydrogens (tertiary/aromatic N) is 2. The van der Waals surface area contributed by atoms with E-state index in [2.05, 4.69) is 9.97 Å². The van der Waals surface area contributed by atoms with Crippen molar-refractivity contribution >= 4 is 6.09 Å². The summed E-state index contributed by atoms with van der Waals surface area (Å²) in [6, 6.07) is 15.3. The zero-order valence-electron chi connectivity index (χ0n) is 18.8. The van der Waals surface area contributed by atoms with E-state index in [0.29, 0.717) is 5.69 Å². The van der Waals surface area contributed by atoms with Gasteiger partial charge in [0.15, 0.2) is 0 Å². The lowest BCUT2D eigenvalue weighted by Gasteiger charge is -2.28. The lowest BCUT2D eigenvalue weighted by atomic mass is 10.0. The van der Waals surface area contributed by atoms with Gasteiger partial charge in [0.05, 0.1) is 19.9 Å². The van der Waals surface area contributed by atoms with Gasteiger partial charge in [-0.3, -0.25) is 0 Å². The van der Waals surface area contributed by atoms with Crippen molar-refractivity contribution in [3.8, 4) is 40.0 Å². The van der Waals surface area contributed by atoms with E-state index in [1.807, 2.05) is 76.2 Å². The van der Waals surface area contributed by atoms with Crippen LogP contribution >= 0.6 is 0 Å². The smallest absolute Gasteiger partial charge is 0.418 e. The predicted octanol–water partition coefficient (Wildman–Crippen LogP) is 5.38. The molecule has 31 heavy (non-hydrogen) atoms. The number of imidazole rings is 1. The van der Waals surface area contributed by atoms with Gasteiger partial charge >= 0.3 is 12.1 Å². The van der Waals surface area contributed by atoms with Crippen molar-refractivity contribution in [1.29, 1.82) is 0 Å². The van der Waals surface area contributed by atoms with Crippen molar-refractivity contribution in [2.24, 2.45) is 0 Å². The van der Waals surface area contributed by atoms with Crippen LogP contribution in [0.5, 0.6) is 17.5 Å². The Bertz CT molecular complexity index is 935. The molecule has 1 heterocycles. The summed E-state index contributed by atoms with van der Waals surface area (Å²) < 4.78 is 16.1. The molecule has 0 saturated heterocycles. The molecule has 0 bridgehead atoms. The van der Waals surface area contributed by atoms with Crippen LogP contribution in [-0.2, 0) is 0 Å². The van der Waals surface area contributed by atoms with Crippen LogP contribution in [-0.4, -0.2) is 47.3 Å². The number of rotatable bonds is 7. The summed E-state index contributed by atoms with van der Waals surface area (Å²) in [4.78, 5) is 22.2. The zero-order chi connectivity index (χ0) is 22.5. The molecule has 7 nitrogen and oxygen atoms in total. The number of ether oxygens (including phenoxy) is 3. The lowest BCUT2D eigenvalue weighted by molar-refractivity contribution is 0.120. The molecule has 0 radical (unpaired) electrons. The van der Waals surface area contributed by atoms with Crippen molar-refractivity contribution in [2.45, 2.75) is 39.8 Å². The average Bonchev–Trinajstić information content (AvgIpc) is 3.16. The van der Waals surface area contributed by atoms with Crippen LogP contribution in [0.15, 0.2) is 48.5 Å². The highest BCUT2D eigenvalue weighted by atomic mass is 16.6. The Balaban J connectivity index is 2.01. The summed E-state index contributed by atoms with van der Waals surface area (Å²) in [7, 11) is 3.25. The maximum atomic E-state index is 12.8. The topological polar surface area (TPSA) is 76.7 Å². The van der Waals surface area contributed by atoms with Crippen molar-refractivity contribution in [1.82, 2.24) is 14.9 Å². The van der Waals surface area contributed by atoms with Crippen molar-refractivity contribution in [2.75, 3.05) is 14.2 Å². The van der Waals surface area contributed by atoms with Crippen molar-refractivity contribution in [3.05, 3.63) is 48.5 Å². The first-order chi connectivity index (χ1) is 14.8. The molecule has 0 fully saturated rings. The monoisotopic (exact) mass is 423 g/mol. The van der Waals surface area contributed by atoms with Crippen molar-refractivity contribution < 1.29 is 19.0 Å². The SMILES string of the molecule is COc1ccc(-c2nc(OC(=O)N(C(C)C)C(C)C)[nH]c2-c2ccc(OC)cc2)cc1. The molecule has 164 valence electrons. The summed E-state index contributed by atoms with van der Waals surface area (Å²) in [5.41, 5.74) is 3.19. The van der Waals surface area contributed by atoms with Crippen LogP contribution in [0.2, 0.25) is 0 Å². The Labute approximate surface area is 183 Å². The molecule has 1 N–H and O–H groups in total. The standard InChI is InChI=1S/C24H29N3O4/c1-15(2)27(16(3)4)24(28)31-23-25-21(17-7-11-19(29-5)12-8-17)22(26-23)18-9-13-20(30-6)14-10-18/h7-16H,1-6H3,(H,25,26). The molecule has 3 aromatic rings. The lowest BCUT2D eigenvalue weighted by Crippen LogP contribution is -2.43. The van der Waals surface area contributed by atoms with Crippen LogP contribution in [0, 0.1) is 0 Å². The third-order valence-electron chi connectivity index (χ3n) is 4.93. The van der Waals surface area contributed by atoms with Gasteiger partial charge in [0.25, 0.3) is 0 Å². The number of amides is 1. The average molecular weight is 424 g/mol. The number of benzene rings is 2. The number of methoxy groups -OCH3 is 2. The highest BCUT2D eigenvalue weighted by Gasteiger charge is 2.24. The molecule has 0 aliphatic carbocycles. The minimum Gasteiger partial charge on any atom is -0.497 e. The first kappa shape index (κ1) is 22.2. The van der Waals surface area contributed by atoms with Gasteiger partial charge in [-0.05, 0) is 76.2 Å². The Hall–Kier alpha value is -3.48. The molecule has 2 aromatic carbocycles. The van der Waals surface area contributed by atoms with E-state index in [1.54, 1.807) is 19.1 Å². The summed E-state index contributed by atoms with van der Waals surface area (Å²) in [6.45, 7) is 7.81. The van der Waals surface area contributed by atoms with Crippen LogP contribution in [0.3, 0.4) is 0 Å². The van der Waals surface area contributed by atoms with Crippen molar-refractivity contribution in [3.63, 3.8) is 0 Å². The fourth-order valence-electron chi connectivity index (χ4n) is 3.48. The van der Waals surface area contributed by atoms with E-state index in [1.165, 1.54) is 0 Å². The van der Waals surface area contributed by atoms with Gasteiger partial charge < -0.3 is 24.1 Å². The molecule has 0 saturated carbocycles. The number of aromatic amines is 1. The molecule has 0 aliphatic rings. The Morgan fingerprint density at radius 1 is 0.839 bits per heavy atom. The highest BCUT2D eigenvalue weighted by Crippen LogP contribution is 2.34. The Kier molecular flexibility index (Phi) is 6.84. The molecule has 1 amide bonds. The summed E-state index contributed by atoms with van der Waals surface area (Å²) >= 11 is 0. The number of carbonyl (C=O) groups is 1. The molecule has 3 rings (SSSR count). The normalized spacial score (nSPS) is 11.0. The molecule has 0 unspecified atom stereocenters. The quantitative estimate of drug-likeness (QED) is 0.552. The maximum Gasteiger partial charge on any atom is 0.418 e. The van der Waals surface area contributed by atoms with Gasteiger partial charge in [0.2, 0.25) is 0 Å².